The number of hydrogen-bond acceptors (Lipinski definition) is 5. The molecule has 2 atom stereocenters. The van der Waals surface area contributed by atoms with Gasteiger partial charge in [-0.3, -0.25) is 4.79 Å². The topological polar surface area (TPSA) is 72.5 Å². The molecular weight excluding hydrogens is 254 g/mol. The van der Waals surface area contributed by atoms with Crippen molar-refractivity contribution in [1.29, 1.82) is 0 Å². The van der Waals surface area contributed by atoms with E-state index in [9.17, 15) is 13.2 Å². The first-order chi connectivity index (χ1) is 8.49. The van der Waals surface area contributed by atoms with E-state index in [4.69, 9.17) is 0 Å². The van der Waals surface area contributed by atoms with Crippen LogP contribution in [-0.2, 0) is 19.4 Å². The fraction of sp³-hybridized carbons (Fsp3) is 0.917. The first-order valence-corrected chi connectivity index (χ1v) is 8.23. The molecule has 1 N–H and O–H groups in total. The van der Waals surface area contributed by atoms with Crippen LogP contribution in [0.3, 0.4) is 0 Å². The maximum Gasteiger partial charge on any atom is 0.306 e. The molecule has 1 aliphatic carbocycles. The number of hydrogen-bond donors (Lipinski definition) is 1. The molecule has 0 aromatic carbocycles. The van der Waals surface area contributed by atoms with Crippen LogP contribution in [0.25, 0.3) is 0 Å². The molecule has 1 fully saturated rings. The molecule has 0 aromatic rings. The standard InChI is InChI=1S/C12H23NO4S/c1-3-13-10-5-4-6-11(9-10)18(15,16)8-7-12(14)17-2/h10-11,13H,3-9H2,1-2H3. The Bertz CT molecular complexity index is 364. The van der Waals surface area contributed by atoms with Gasteiger partial charge in [0.2, 0.25) is 0 Å². The molecule has 2 unspecified atom stereocenters. The number of sulfone groups is 1. The van der Waals surface area contributed by atoms with E-state index >= 15 is 0 Å². The Labute approximate surface area is 109 Å². The lowest BCUT2D eigenvalue weighted by Crippen LogP contribution is -2.39. The normalized spacial score (nSPS) is 24.8. The second-order valence-electron chi connectivity index (χ2n) is 4.74. The van der Waals surface area contributed by atoms with Gasteiger partial charge in [-0.1, -0.05) is 13.3 Å². The van der Waals surface area contributed by atoms with Gasteiger partial charge in [-0.05, 0) is 25.8 Å². The Morgan fingerprint density at radius 3 is 2.72 bits per heavy atom. The van der Waals surface area contributed by atoms with E-state index in [1.165, 1.54) is 7.11 Å². The van der Waals surface area contributed by atoms with Crippen molar-refractivity contribution in [3.05, 3.63) is 0 Å². The predicted octanol–water partition coefficient (Wildman–Crippen LogP) is 0.885. The van der Waals surface area contributed by atoms with Gasteiger partial charge in [-0.25, -0.2) is 8.42 Å². The lowest BCUT2D eigenvalue weighted by Gasteiger charge is -2.29. The quantitative estimate of drug-likeness (QED) is 0.730. The molecule has 1 aliphatic rings. The van der Waals surface area contributed by atoms with E-state index in [0.29, 0.717) is 18.9 Å². The zero-order valence-corrected chi connectivity index (χ0v) is 12.0. The van der Waals surface area contributed by atoms with Crippen LogP contribution in [0.4, 0.5) is 0 Å². The molecule has 0 bridgehead atoms. The van der Waals surface area contributed by atoms with Gasteiger partial charge in [0.1, 0.15) is 0 Å². The fourth-order valence-corrected chi connectivity index (χ4v) is 4.28. The second kappa shape index (κ2) is 7.09. The minimum Gasteiger partial charge on any atom is -0.469 e. The van der Waals surface area contributed by atoms with Crippen LogP contribution in [0.1, 0.15) is 39.0 Å². The zero-order valence-electron chi connectivity index (χ0n) is 11.1. The van der Waals surface area contributed by atoms with Gasteiger partial charge < -0.3 is 10.1 Å². The summed E-state index contributed by atoms with van der Waals surface area (Å²) in [6.07, 6.45) is 3.31. The van der Waals surface area contributed by atoms with Crippen LogP contribution in [0.2, 0.25) is 0 Å². The third-order valence-electron chi connectivity index (χ3n) is 3.45. The Hall–Kier alpha value is -0.620. The molecule has 0 heterocycles. The average Bonchev–Trinajstić information content (AvgIpc) is 2.37. The maximum absolute atomic E-state index is 12.1. The first-order valence-electron chi connectivity index (χ1n) is 6.51. The minimum absolute atomic E-state index is 0.0405. The van der Waals surface area contributed by atoms with E-state index in [-0.39, 0.29) is 17.4 Å². The summed E-state index contributed by atoms with van der Waals surface area (Å²) in [5.74, 6) is -0.555. The van der Waals surface area contributed by atoms with Crippen molar-refractivity contribution in [2.75, 3.05) is 19.4 Å². The summed E-state index contributed by atoms with van der Waals surface area (Å²) in [5, 5.41) is 3.00. The highest BCUT2D eigenvalue weighted by Crippen LogP contribution is 2.25. The van der Waals surface area contributed by atoms with E-state index < -0.39 is 15.8 Å². The molecular formula is C12H23NO4S. The van der Waals surface area contributed by atoms with E-state index in [1.54, 1.807) is 0 Å². The number of nitrogens with one attached hydrogen (secondary N) is 1. The van der Waals surface area contributed by atoms with Crippen molar-refractivity contribution in [3.8, 4) is 0 Å². The lowest BCUT2D eigenvalue weighted by atomic mass is 9.95. The molecule has 18 heavy (non-hydrogen) atoms. The van der Waals surface area contributed by atoms with Gasteiger partial charge in [-0.2, -0.15) is 0 Å². The van der Waals surface area contributed by atoms with Gasteiger partial charge in [0.25, 0.3) is 0 Å². The molecule has 5 nitrogen and oxygen atoms in total. The number of esters is 1. The smallest absolute Gasteiger partial charge is 0.306 e. The van der Waals surface area contributed by atoms with Gasteiger partial charge >= 0.3 is 5.97 Å². The van der Waals surface area contributed by atoms with E-state index in [2.05, 4.69) is 10.1 Å². The maximum atomic E-state index is 12.1. The Balaban J connectivity index is 2.53. The van der Waals surface area contributed by atoms with Gasteiger partial charge in [0, 0.05) is 6.04 Å². The molecule has 106 valence electrons. The van der Waals surface area contributed by atoms with Gasteiger partial charge in [0.15, 0.2) is 9.84 Å². The van der Waals surface area contributed by atoms with Crippen molar-refractivity contribution in [2.24, 2.45) is 0 Å². The number of ether oxygens (including phenoxy) is 1. The molecule has 0 radical (unpaired) electrons. The summed E-state index contributed by atoms with van der Waals surface area (Å²) in [6.45, 7) is 2.88. The fourth-order valence-electron chi connectivity index (χ4n) is 2.44. The first kappa shape index (κ1) is 15.4. The molecule has 0 saturated heterocycles. The van der Waals surface area contributed by atoms with Crippen LogP contribution in [0.5, 0.6) is 0 Å². The highest BCUT2D eigenvalue weighted by atomic mass is 32.2. The second-order valence-corrected chi connectivity index (χ2v) is 7.14. The van der Waals surface area contributed by atoms with Crippen LogP contribution >= 0.6 is 0 Å². The third kappa shape index (κ3) is 4.57. The summed E-state index contributed by atoms with van der Waals surface area (Å²) in [4.78, 5) is 11.0. The highest BCUT2D eigenvalue weighted by Gasteiger charge is 2.31. The SMILES string of the molecule is CCNC1CCCC(S(=O)(=O)CCC(=O)OC)C1. The Kier molecular flexibility index (Phi) is 6.08. The van der Waals surface area contributed by atoms with Crippen LogP contribution in [0, 0.1) is 0 Å². The number of rotatable bonds is 6. The number of methoxy groups -OCH3 is 1. The molecule has 6 heteroatoms. The van der Waals surface area contributed by atoms with Gasteiger partial charge in [0.05, 0.1) is 24.5 Å². The molecule has 0 aromatic heterocycles. The summed E-state index contributed by atoms with van der Waals surface area (Å²) >= 11 is 0. The number of carbonyl (C=O) groups is 1. The molecule has 0 aliphatic heterocycles. The summed E-state index contributed by atoms with van der Waals surface area (Å²) in [6, 6.07) is 0.293. The minimum atomic E-state index is -3.18. The van der Waals surface area contributed by atoms with Crippen molar-refractivity contribution in [1.82, 2.24) is 5.32 Å². The summed E-state index contributed by atoms with van der Waals surface area (Å²) < 4.78 is 28.7. The van der Waals surface area contributed by atoms with Gasteiger partial charge in [-0.15, -0.1) is 0 Å². The van der Waals surface area contributed by atoms with Crippen LogP contribution in [0.15, 0.2) is 0 Å². The molecule has 0 amide bonds. The predicted molar refractivity (Wildman–Crippen MR) is 70.1 cm³/mol. The third-order valence-corrected chi connectivity index (χ3v) is 5.66. The van der Waals surface area contributed by atoms with E-state index in [1.807, 2.05) is 6.92 Å². The summed E-state index contributed by atoms with van der Waals surface area (Å²) in [5.41, 5.74) is 0. The Morgan fingerprint density at radius 2 is 2.11 bits per heavy atom. The molecule has 1 rings (SSSR count). The van der Waals surface area contributed by atoms with Crippen molar-refractivity contribution in [3.63, 3.8) is 0 Å². The zero-order chi connectivity index (χ0) is 13.6. The van der Waals surface area contributed by atoms with Crippen molar-refractivity contribution in [2.45, 2.75) is 50.3 Å². The largest absolute Gasteiger partial charge is 0.469 e. The highest BCUT2D eigenvalue weighted by molar-refractivity contribution is 7.92. The van der Waals surface area contributed by atoms with Crippen molar-refractivity contribution >= 4 is 15.8 Å². The molecule has 0 spiro atoms. The van der Waals surface area contributed by atoms with Crippen LogP contribution in [-0.4, -0.2) is 45.1 Å². The monoisotopic (exact) mass is 277 g/mol. The number of carbonyl (C=O) groups excluding carboxylic acids is 1. The van der Waals surface area contributed by atoms with Crippen LogP contribution < -0.4 is 5.32 Å². The Morgan fingerprint density at radius 1 is 1.39 bits per heavy atom. The van der Waals surface area contributed by atoms with Crippen molar-refractivity contribution < 1.29 is 17.9 Å². The summed E-state index contributed by atoms with van der Waals surface area (Å²) in [7, 11) is -1.91. The van der Waals surface area contributed by atoms with E-state index in [0.717, 1.165) is 19.4 Å². The lowest BCUT2D eigenvalue weighted by molar-refractivity contribution is -0.140. The molecule has 1 saturated carbocycles. The average molecular weight is 277 g/mol.